The van der Waals surface area contributed by atoms with Crippen molar-refractivity contribution < 1.29 is 8.78 Å². The minimum Gasteiger partial charge on any atom is -0.370 e. The summed E-state index contributed by atoms with van der Waals surface area (Å²) in [6, 6.07) is 4.20. The van der Waals surface area contributed by atoms with E-state index < -0.39 is 11.6 Å². The smallest absolute Gasteiger partial charge is 0.161 e. The number of hydrogen-bond acceptors (Lipinski definition) is 2. The first-order chi connectivity index (χ1) is 8.52. The molecule has 0 bridgehead atoms. The van der Waals surface area contributed by atoms with Gasteiger partial charge in [-0.3, -0.25) is 0 Å². The summed E-state index contributed by atoms with van der Waals surface area (Å²) in [4.78, 5) is 4.37. The number of aromatic nitrogens is 1. The third kappa shape index (κ3) is 2.28. The fourth-order valence-corrected chi connectivity index (χ4v) is 1.93. The van der Waals surface area contributed by atoms with E-state index >= 15 is 0 Å². The maximum atomic E-state index is 13.2. The molecule has 0 radical (unpaired) electrons. The quantitative estimate of drug-likeness (QED) is 0.888. The van der Waals surface area contributed by atoms with Crippen LogP contribution in [0, 0.1) is 11.6 Å². The monoisotopic (exact) mass is 250 g/mol. The van der Waals surface area contributed by atoms with Gasteiger partial charge in [0, 0.05) is 18.0 Å². The minimum absolute atomic E-state index is 0.268. The van der Waals surface area contributed by atoms with Crippen LogP contribution in [0.4, 0.5) is 14.6 Å². The van der Waals surface area contributed by atoms with Crippen LogP contribution in [-0.2, 0) is 0 Å². The van der Waals surface area contributed by atoms with E-state index in [1.807, 2.05) is 26.8 Å². The lowest BCUT2D eigenvalue weighted by molar-refractivity contribution is 0.510. The van der Waals surface area contributed by atoms with Gasteiger partial charge in [-0.1, -0.05) is 13.8 Å². The number of fused-ring (bicyclic) bond motifs is 1. The molecule has 2 rings (SSSR count). The third-order valence-corrected chi connectivity index (χ3v) is 2.85. The predicted octanol–water partition coefficient (Wildman–Crippen LogP) is 4.07. The largest absolute Gasteiger partial charge is 0.370 e. The highest BCUT2D eigenvalue weighted by Crippen LogP contribution is 2.27. The van der Waals surface area contributed by atoms with Gasteiger partial charge in [0.1, 0.15) is 5.82 Å². The molecular weight excluding hydrogens is 234 g/mol. The molecule has 4 heteroatoms. The van der Waals surface area contributed by atoms with E-state index in [1.165, 1.54) is 6.07 Å². The van der Waals surface area contributed by atoms with Gasteiger partial charge in [0.05, 0.1) is 5.52 Å². The standard InChI is InChI=1S/C14H16F2N2/c1-4-17-14-10(8(2)3)5-9-6-11(15)12(16)7-13(9)18-14/h5-8H,4H2,1-3H3,(H,17,18). The number of benzene rings is 1. The van der Waals surface area contributed by atoms with Gasteiger partial charge in [-0.15, -0.1) is 0 Å². The summed E-state index contributed by atoms with van der Waals surface area (Å²) in [6.45, 7) is 6.80. The Morgan fingerprint density at radius 2 is 1.83 bits per heavy atom. The van der Waals surface area contributed by atoms with E-state index in [0.29, 0.717) is 10.9 Å². The number of anilines is 1. The summed E-state index contributed by atoms with van der Waals surface area (Å²) < 4.78 is 26.4. The number of nitrogens with one attached hydrogen (secondary N) is 1. The molecule has 0 unspecified atom stereocenters. The molecule has 18 heavy (non-hydrogen) atoms. The zero-order chi connectivity index (χ0) is 13.3. The summed E-state index contributed by atoms with van der Waals surface area (Å²) in [5, 5.41) is 3.78. The molecule has 0 spiro atoms. The molecule has 0 saturated carbocycles. The Labute approximate surface area is 105 Å². The molecule has 2 nitrogen and oxygen atoms in total. The van der Waals surface area contributed by atoms with E-state index in [2.05, 4.69) is 10.3 Å². The summed E-state index contributed by atoms with van der Waals surface area (Å²) in [7, 11) is 0. The Hall–Kier alpha value is -1.71. The molecule has 0 aliphatic heterocycles. The Balaban J connectivity index is 2.68. The summed E-state index contributed by atoms with van der Waals surface area (Å²) >= 11 is 0. The van der Waals surface area contributed by atoms with Crippen molar-refractivity contribution >= 4 is 16.7 Å². The molecule has 0 saturated heterocycles. The normalized spacial score (nSPS) is 11.2. The summed E-state index contributed by atoms with van der Waals surface area (Å²) in [5.74, 6) is -0.694. The Bertz CT molecular complexity index is 580. The van der Waals surface area contributed by atoms with Crippen LogP contribution in [-0.4, -0.2) is 11.5 Å². The highest BCUT2D eigenvalue weighted by Gasteiger charge is 2.12. The number of nitrogens with zero attached hydrogens (tertiary/aromatic N) is 1. The van der Waals surface area contributed by atoms with Gasteiger partial charge in [0.2, 0.25) is 0 Å². The van der Waals surface area contributed by atoms with Crippen LogP contribution < -0.4 is 5.32 Å². The van der Waals surface area contributed by atoms with Crippen molar-refractivity contribution in [2.75, 3.05) is 11.9 Å². The fourth-order valence-electron chi connectivity index (χ4n) is 1.93. The molecule has 0 amide bonds. The predicted molar refractivity (Wildman–Crippen MR) is 69.9 cm³/mol. The molecular formula is C14H16F2N2. The SMILES string of the molecule is CCNc1nc2cc(F)c(F)cc2cc1C(C)C. The topological polar surface area (TPSA) is 24.9 Å². The number of rotatable bonds is 3. The van der Waals surface area contributed by atoms with Crippen LogP contribution in [0.25, 0.3) is 10.9 Å². The number of halogens is 2. The lowest BCUT2D eigenvalue weighted by Gasteiger charge is -2.14. The van der Waals surface area contributed by atoms with E-state index in [4.69, 9.17) is 0 Å². The molecule has 2 aromatic rings. The van der Waals surface area contributed by atoms with Crippen molar-refractivity contribution in [3.8, 4) is 0 Å². The van der Waals surface area contributed by atoms with Crippen molar-refractivity contribution in [3.05, 3.63) is 35.4 Å². The molecule has 0 atom stereocenters. The maximum Gasteiger partial charge on any atom is 0.161 e. The van der Waals surface area contributed by atoms with Crippen LogP contribution in [0.5, 0.6) is 0 Å². The molecule has 0 aliphatic rings. The van der Waals surface area contributed by atoms with Gasteiger partial charge in [0.25, 0.3) is 0 Å². The molecule has 1 aromatic heterocycles. The Morgan fingerprint density at radius 3 is 2.44 bits per heavy atom. The van der Waals surface area contributed by atoms with E-state index in [9.17, 15) is 8.78 Å². The third-order valence-electron chi connectivity index (χ3n) is 2.85. The second-order valence-corrected chi connectivity index (χ2v) is 4.57. The highest BCUT2D eigenvalue weighted by atomic mass is 19.2. The molecule has 0 aliphatic carbocycles. The van der Waals surface area contributed by atoms with E-state index in [0.717, 1.165) is 24.0 Å². The van der Waals surface area contributed by atoms with Gasteiger partial charge in [0.15, 0.2) is 11.6 Å². The van der Waals surface area contributed by atoms with Crippen molar-refractivity contribution in [2.45, 2.75) is 26.7 Å². The average Bonchev–Trinajstić information content (AvgIpc) is 2.30. The highest BCUT2D eigenvalue weighted by molar-refractivity contribution is 5.82. The maximum absolute atomic E-state index is 13.2. The zero-order valence-electron chi connectivity index (χ0n) is 10.7. The van der Waals surface area contributed by atoms with Gasteiger partial charge in [-0.25, -0.2) is 13.8 Å². The van der Waals surface area contributed by atoms with Crippen molar-refractivity contribution in [3.63, 3.8) is 0 Å². The van der Waals surface area contributed by atoms with Gasteiger partial charge in [-0.05, 0) is 30.5 Å². The second kappa shape index (κ2) is 4.88. The lowest BCUT2D eigenvalue weighted by atomic mass is 10.0. The summed E-state index contributed by atoms with van der Waals surface area (Å²) in [6.07, 6.45) is 0. The fraction of sp³-hybridized carbons (Fsp3) is 0.357. The van der Waals surface area contributed by atoms with Gasteiger partial charge >= 0.3 is 0 Å². The molecule has 96 valence electrons. The second-order valence-electron chi connectivity index (χ2n) is 4.57. The Kier molecular flexibility index (Phi) is 3.45. The van der Waals surface area contributed by atoms with E-state index in [1.54, 1.807) is 0 Å². The lowest BCUT2D eigenvalue weighted by Crippen LogP contribution is -2.05. The van der Waals surface area contributed by atoms with Crippen molar-refractivity contribution in [2.24, 2.45) is 0 Å². The molecule has 1 aromatic carbocycles. The van der Waals surface area contributed by atoms with Crippen LogP contribution in [0.15, 0.2) is 18.2 Å². The van der Waals surface area contributed by atoms with Crippen LogP contribution in [0.2, 0.25) is 0 Å². The first kappa shape index (κ1) is 12.7. The first-order valence-electron chi connectivity index (χ1n) is 6.06. The number of hydrogen-bond donors (Lipinski definition) is 1. The van der Waals surface area contributed by atoms with Gasteiger partial charge in [-0.2, -0.15) is 0 Å². The average molecular weight is 250 g/mol. The van der Waals surface area contributed by atoms with Crippen LogP contribution >= 0.6 is 0 Å². The number of pyridine rings is 1. The van der Waals surface area contributed by atoms with E-state index in [-0.39, 0.29) is 5.92 Å². The minimum atomic E-state index is -0.866. The van der Waals surface area contributed by atoms with Crippen LogP contribution in [0.3, 0.4) is 0 Å². The van der Waals surface area contributed by atoms with Gasteiger partial charge < -0.3 is 5.32 Å². The molecule has 1 heterocycles. The van der Waals surface area contributed by atoms with Crippen molar-refractivity contribution in [1.29, 1.82) is 0 Å². The molecule has 0 fully saturated rings. The Morgan fingerprint density at radius 1 is 1.17 bits per heavy atom. The van der Waals surface area contributed by atoms with Crippen molar-refractivity contribution in [1.82, 2.24) is 4.98 Å². The first-order valence-corrected chi connectivity index (χ1v) is 6.06. The molecule has 1 N–H and O–H groups in total. The summed E-state index contributed by atoms with van der Waals surface area (Å²) in [5.41, 5.74) is 1.48. The van der Waals surface area contributed by atoms with Crippen LogP contribution in [0.1, 0.15) is 32.3 Å². The zero-order valence-corrected chi connectivity index (χ0v) is 10.7.